The zero-order valence-corrected chi connectivity index (χ0v) is 22.1. The predicted octanol–water partition coefficient (Wildman–Crippen LogP) is 4.27. The van der Waals surface area contributed by atoms with Gasteiger partial charge in [0.1, 0.15) is 22.9 Å². The zero-order chi connectivity index (χ0) is 28.2. The van der Waals surface area contributed by atoms with Crippen molar-refractivity contribution in [3.05, 3.63) is 106 Å². The molecule has 5 aromatic rings. The van der Waals surface area contributed by atoms with Crippen LogP contribution in [0.2, 0.25) is 0 Å². The molecule has 10 heteroatoms. The van der Waals surface area contributed by atoms with Crippen LogP contribution in [0, 0.1) is 13.0 Å². The maximum absolute atomic E-state index is 13.4. The van der Waals surface area contributed by atoms with Gasteiger partial charge in [-0.05, 0) is 67.1 Å². The summed E-state index contributed by atoms with van der Waals surface area (Å²) < 4.78 is 7.54. The number of nitrogens with zero attached hydrogens (tertiary/aromatic N) is 3. The van der Waals surface area contributed by atoms with Crippen LogP contribution in [0.4, 0.5) is 5.82 Å². The van der Waals surface area contributed by atoms with Gasteiger partial charge in [0.15, 0.2) is 0 Å². The molecular weight excluding hydrogens is 506 g/mol. The number of hydrogen-bond acceptors (Lipinski definition) is 6. The topological polar surface area (TPSA) is 145 Å². The van der Waals surface area contributed by atoms with Crippen LogP contribution in [0.1, 0.15) is 37.5 Å². The lowest BCUT2D eigenvalue weighted by Crippen LogP contribution is -2.28. The average Bonchev–Trinajstić information content (AvgIpc) is 3.55. The van der Waals surface area contributed by atoms with Gasteiger partial charge < -0.3 is 26.5 Å². The predicted molar refractivity (Wildman–Crippen MR) is 155 cm³/mol. The van der Waals surface area contributed by atoms with Gasteiger partial charge in [0.05, 0.1) is 23.1 Å². The fourth-order valence-corrected chi connectivity index (χ4v) is 4.38. The number of ketones is 1. The second-order valence-corrected chi connectivity index (χ2v) is 9.13. The maximum Gasteiger partial charge on any atom is 0.310 e. The van der Waals surface area contributed by atoms with E-state index in [0.29, 0.717) is 41.5 Å². The molecule has 0 unspecified atom stereocenters. The van der Waals surface area contributed by atoms with Crippen molar-refractivity contribution in [1.29, 1.82) is 0 Å². The van der Waals surface area contributed by atoms with Crippen molar-refractivity contribution < 1.29 is 14.3 Å². The SMILES string of the molecule is C[N+]#Cc1cccc(Oc2ccc(-n3ncc(C(=O)c4cc5cc(C(=O)NCCN)ccc5[nH]4)c3N)c(C)c2)c1. The van der Waals surface area contributed by atoms with E-state index >= 15 is 0 Å². The second kappa shape index (κ2) is 11.1. The number of aryl methyl sites for hydroxylation is 1. The molecule has 0 saturated carbocycles. The number of carbonyl (C=O) groups excluding carboxylic acids is 2. The number of carbonyl (C=O) groups is 2. The highest BCUT2D eigenvalue weighted by Gasteiger charge is 2.21. The smallest absolute Gasteiger partial charge is 0.310 e. The number of benzene rings is 3. The average molecular weight is 535 g/mol. The molecule has 6 N–H and O–H groups in total. The molecule has 0 fully saturated rings. The maximum atomic E-state index is 13.4. The number of hydrogen-bond donors (Lipinski definition) is 4. The van der Waals surface area contributed by atoms with E-state index in [1.54, 1.807) is 31.3 Å². The summed E-state index contributed by atoms with van der Waals surface area (Å²) in [4.78, 5) is 32.7. The molecule has 5 rings (SSSR count). The first kappa shape index (κ1) is 26.2. The van der Waals surface area contributed by atoms with E-state index in [1.807, 2.05) is 49.4 Å². The molecule has 0 radical (unpaired) electrons. The van der Waals surface area contributed by atoms with Gasteiger partial charge in [0.2, 0.25) is 5.78 Å². The number of aromatic amines is 1. The van der Waals surface area contributed by atoms with Crippen molar-refractivity contribution in [2.45, 2.75) is 6.92 Å². The minimum atomic E-state index is -0.306. The minimum absolute atomic E-state index is 0.212. The lowest BCUT2D eigenvalue weighted by molar-refractivity contribution is 0.0954. The second-order valence-electron chi connectivity index (χ2n) is 9.13. The Kier molecular flexibility index (Phi) is 7.31. The van der Waals surface area contributed by atoms with Crippen LogP contribution in [-0.2, 0) is 0 Å². The normalized spacial score (nSPS) is 10.7. The number of nitrogens with one attached hydrogen (secondary N) is 2. The van der Waals surface area contributed by atoms with Gasteiger partial charge in [-0.25, -0.2) is 4.68 Å². The third kappa shape index (κ3) is 5.27. The Hall–Kier alpha value is -5.40. The first-order chi connectivity index (χ1) is 19.4. The Morgan fingerprint density at radius 3 is 2.70 bits per heavy atom. The van der Waals surface area contributed by atoms with Crippen molar-refractivity contribution in [3.63, 3.8) is 0 Å². The van der Waals surface area contributed by atoms with E-state index in [4.69, 9.17) is 16.2 Å². The molecule has 0 aliphatic carbocycles. The van der Waals surface area contributed by atoms with E-state index in [1.165, 1.54) is 10.9 Å². The number of rotatable bonds is 8. The number of aromatic nitrogens is 3. The van der Waals surface area contributed by atoms with Crippen LogP contribution in [0.3, 0.4) is 0 Å². The van der Waals surface area contributed by atoms with Crippen molar-refractivity contribution in [2.24, 2.45) is 5.73 Å². The van der Waals surface area contributed by atoms with Crippen LogP contribution < -0.4 is 21.5 Å². The van der Waals surface area contributed by atoms with Crippen molar-refractivity contribution in [1.82, 2.24) is 20.1 Å². The van der Waals surface area contributed by atoms with Gasteiger partial charge in [0, 0.05) is 35.6 Å². The molecule has 40 heavy (non-hydrogen) atoms. The molecule has 0 bridgehead atoms. The Balaban J connectivity index is 1.37. The molecule has 10 nitrogen and oxygen atoms in total. The number of amides is 1. The summed E-state index contributed by atoms with van der Waals surface area (Å²) in [5.41, 5.74) is 16.1. The number of nitrogens with two attached hydrogens (primary N) is 2. The molecule has 1 amide bonds. The summed E-state index contributed by atoms with van der Waals surface area (Å²) >= 11 is 0. The molecule has 0 aliphatic heterocycles. The monoisotopic (exact) mass is 534 g/mol. The first-order valence-corrected chi connectivity index (χ1v) is 12.6. The molecule has 3 aromatic carbocycles. The van der Waals surface area contributed by atoms with E-state index in [2.05, 4.69) is 26.3 Å². The van der Waals surface area contributed by atoms with E-state index in [9.17, 15) is 9.59 Å². The summed E-state index contributed by atoms with van der Waals surface area (Å²) in [6, 6.07) is 22.8. The highest BCUT2D eigenvalue weighted by Crippen LogP contribution is 2.29. The van der Waals surface area contributed by atoms with Gasteiger partial charge in [-0.3, -0.25) is 9.59 Å². The van der Waals surface area contributed by atoms with Gasteiger partial charge in [-0.15, -0.1) is 0 Å². The fraction of sp³-hybridized carbons (Fsp3) is 0.133. The van der Waals surface area contributed by atoms with Crippen LogP contribution in [-0.4, -0.2) is 46.6 Å². The van der Waals surface area contributed by atoms with Gasteiger partial charge in [0.25, 0.3) is 13.0 Å². The van der Waals surface area contributed by atoms with E-state index in [0.717, 1.165) is 22.0 Å². The highest BCUT2D eigenvalue weighted by molar-refractivity contribution is 6.13. The summed E-state index contributed by atoms with van der Waals surface area (Å²) in [7, 11) is 1.67. The van der Waals surface area contributed by atoms with Crippen LogP contribution in [0.5, 0.6) is 11.5 Å². The quantitative estimate of drug-likeness (QED) is 0.219. The first-order valence-electron chi connectivity index (χ1n) is 12.6. The lowest BCUT2D eigenvalue weighted by atomic mass is 10.1. The summed E-state index contributed by atoms with van der Waals surface area (Å²) in [5, 5.41) is 7.86. The molecule has 0 saturated heterocycles. The van der Waals surface area contributed by atoms with Gasteiger partial charge in [-0.1, -0.05) is 10.9 Å². The highest BCUT2D eigenvalue weighted by atomic mass is 16.5. The number of H-pyrrole nitrogens is 1. The third-order valence-electron chi connectivity index (χ3n) is 6.32. The van der Waals surface area contributed by atoms with Crippen molar-refractivity contribution in [3.8, 4) is 23.3 Å². The Morgan fingerprint density at radius 2 is 1.93 bits per heavy atom. The van der Waals surface area contributed by atoms with Crippen molar-refractivity contribution >= 4 is 28.4 Å². The molecule has 2 aromatic heterocycles. The Morgan fingerprint density at radius 1 is 1.10 bits per heavy atom. The number of nitrogen functional groups attached to an aromatic ring is 1. The van der Waals surface area contributed by atoms with E-state index in [-0.39, 0.29) is 23.1 Å². The molecule has 0 atom stereocenters. The number of anilines is 1. The molecular formula is C30H28N7O3+. The van der Waals surface area contributed by atoms with Gasteiger partial charge in [-0.2, -0.15) is 5.10 Å². The Bertz CT molecular complexity index is 1810. The molecule has 2 heterocycles. The molecule has 200 valence electrons. The van der Waals surface area contributed by atoms with Crippen LogP contribution in [0.15, 0.2) is 72.9 Å². The minimum Gasteiger partial charge on any atom is -0.457 e. The van der Waals surface area contributed by atoms with E-state index < -0.39 is 0 Å². The summed E-state index contributed by atoms with van der Waals surface area (Å²) in [6.07, 6.45) is 1.45. The third-order valence-corrected chi connectivity index (χ3v) is 6.32. The zero-order valence-electron chi connectivity index (χ0n) is 22.1. The number of ether oxygens (including phenoxy) is 1. The lowest BCUT2D eigenvalue weighted by Gasteiger charge is -2.11. The standard InChI is InChI=1S/C30H27N7O3/c1-18-12-23(40-22-5-3-4-19(13-22)16-33-2)7-9-27(18)37-29(32)24(17-35-37)28(38)26-15-21-14-20(6-8-25(21)36-26)30(39)34-11-10-31/h3-9,12-15,17H,10-11,31H2,1-2H3,(H3-,32,34,35,36,38,39)/p+1. The fourth-order valence-electron chi connectivity index (χ4n) is 4.38. The molecule has 0 spiro atoms. The summed E-state index contributed by atoms with van der Waals surface area (Å²) in [6.45, 7) is 2.65. The van der Waals surface area contributed by atoms with Crippen LogP contribution in [0.25, 0.3) is 21.4 Å². The van der Waals surface area contributed by atoms with Crippen molar-refractivity contribution in [2.75, 3.05) is 25.9 Å². The molecule has 0 aliphatic rings. The number of fused-ring (bicyclic) bond motifs is 1. The Labute approximate surface area is 230 Å². The van der Waals surface area contributed by atoms with Gasteiger partial charge >= 0.3 is 6.07 Å². The van der Waals surface area contributed by atoms with Crippen LogP contribution >= 0.6 is 0 Å². The largest absolute Gasteiger partial charge is 0.457 e. The summed E-state index contributed by atoms with van der Waals surface area (Å²) in [5.74, 6) is 0.983.